The fraction of sp³-hybridized carbons (Fsp3) is 0.148. The van der Waals surface area contributed by atoms with Crippen LogP contribution < -0.4 is 20.1 Å². The van der Waals surface area contributed by atoms with Gasteiger partial charge in [0.1, 0.15) is 17.2 Å². The molecule has 0 saturated carbocycles. The molecule has 2 amide bonds. The molecular weight excluding hydrogens is 444 g/mol. The summed E-state index contributed by atoms with van der Waals surface area (Å²) in [6, 6.07) is 22.5. The Kier molecular flexibility index (Phi) is 5.93. The third-order valence-electron chi connectivity index (χ3n) is 5.72. The van der Waals surface area contributed by atoms with E-state index >= 15 is 0 Å². The molecule has 2 heterocycles. The van der Waals surface area contributed by atoms with Crippen molar-refractivity contribution >= 4 is 23.2 Å². The minimum atomic E-state index is -0.568. The van der Waals surface area contributed by atoms with Gasteiger partial charge < -0.3 is 20.1 Å². The smallest absolute Gasteiger partial charge is 0.265 e. The van der Waals surface area contributed by atoms with Crippen LogP contribution >= 0.6 is 0 Å². The van der Waals surface area contributed by atoms with E-state index in [9.17, 15) is 9.59 Å². The van der Waals surface area contributed by atoms with E-state index in [0.29, 0.717) is 46.2 Å². The van der Waals surface area contributed by atoms with Crippen LogP contribution in [0.1, 0.15) is 22.8 Å². The number of hydrogen-bond donors (Lipinski definition) is 2. The normalized spacial score (nSPS) is 14.5. The lowest BCUT2D eigenvalue weighted by molar-refractivity contribution is -0.122. The third-order valence-corrected chi connectivity index (χ3v) is 5.72. The predicted molar refractivity (Wildman–Crippen MR) is 133 cm³/mol. The molecule has 3 aromatic carbocycles. The molecule has 0 aliphatic carbocycles. The number of nitrogens with one attached hydrogen (secondary N) is 2. The molecule has 176 valence electrons. The summed E-state index contributed by atoms with van der Waals surface area (Å²) in [5.41, 5.74) is 3.72. The van der Waals surface area contributed by atoms with Crippen LogP contribution in [0.25, 0.3) is 11.3 Å². The van der Waals surface area contributed by atoms with Gasteiger partial charge in [-0.05, 0) is 42.8 Å². The van der Waals surface area contributed by atoms with E-state index < -0.39 is 6.10 Å². The van der Waals surface area contributed by atoms with Crippen molar-refractivity contribution in [1.82, 2.24) is 9.78 Å². The van der Waals surface area contributed by atoms with Gasteiger partial charge in [0, 0.05) is 17.4 Å². The Bertz CT molecular complexity index is 1400. The molecular formula is C27H24N4O4. The van der Waals surface area contributed by atoms with Gasteiger partial charge >= 0.3 is 0 Å². The average molecular weight is 469 g/mol. The van der Waals surface area contributed by atoms with Crippen molar-refractivity contribution in [2.45, 2.75) is 19.6 Å². The first-order valence-corrected chi connectivity index (χ1v) is 11.2. The molecule has 0 unspecified atom stereocenters. The second kappa shape index (κ2) is 9.34. The molecule has 0 saturated heterocycles. The maximum Gasteiger partial charge on any atom is 0.265 e. The summed E-state index contributed by atoms with van der Waals surface area (Å²) in [5, 5.41) is 10.5. The van der Waals surface area contributed by atoms with E-state index in [4.69, 9.17) is 14.6 Å². The Morgan fingerprint density at radius 2 is 1.89 bits per heavy atom. The molecule has 8 nitrogen and oxygen atoms in total. The first-order chi connectivity index (χ1) is 17.0. The summed E-state index contributed by atoms with van der Waals surface area (Å²) in [7, 11) is 1.59. The van der Waals surface area contributed by atoms with E-state index in [-0.39, 0.29) is 11.8 Å². The summed E-state index contributed by atoms with van der Waals surface area (Å²) in [6.07, 6.45) is 1.16. The number of fused-ring (bicyclic) bond motifs is 1. The largest absolute Gasteiger partial charge is 0.496 e. The van der Waals surface area contributed by atoms with Crippen molar-refractivity contribution in [2.75, 3.05) is 17.7 Å². The second-order valence-electron chi connectivity index (χ2n) is 8.19. The molecule has 0 bridgehead atoms. The first-order valence-electron chi connectivity index (χ1n) is 11.2. The number of carbonyl (C=O) groups excluding carboxylic acids is 2. The van der Waals surface area contributed by atoms with Crippen LogP contribution in [0, 0.1) is 0 Å². The summed E-state index contributed by atoms with van der Waals surface area (Å²) >= 11 is 0. The van der Waals surface area contributed by atoms with Crippen LogP contribution in [-0.2, 0) is 11.3 Å². The van der Waals surface area contributed by atoms with E-state index in [1.807, 2.05) is 54.6 Å². The Balaban J connectivity index is 1.48. The number of aromatic nitrogens is 2. The van der Waals surface area contributed by atoms with Gasteiger partial charge in [0.25, 0.3) is 11.8 Å². The fourth-order valence-electron chi connectivity index (χ4n) is 3.96. The Morgan fingerprint density at radius 3 is 2.69 bits per heavy atom. The van der Waals surface area contributed by atoms with Crippen molar-refractivity contribution in [1.29, 1.82) is 0 Å². The minimum absolute atomic E-state index is 0.235. The topological polar surface area (TPSA) is 94.5 Å². The summed E-state index contributed by atoms with van der Waals surface area (Å²) in [6.45, 7) is 2.19. The van der Waals surface area contributed by atoms with Crippen molar-refractivity contribution in [3.05, 3.63) is 90.1 Å². The molecule has 8 heteroatoms. The summed E-state index contributed by atoms with van der Waals surface area (Å²) in [4.78, 5) is 25.4. The zero-order chi connectivity index (χ0) is 24.4. The van der Waals surface area contributed by atoms with Crippen LogP contribution in [0.5, 0.6) is 11.5 Å². The predicted octanol–water partition coefficient (Wildman–Crippen LogP) is 4.58. The molecule has 2 N–H and O–H groups in total. The van der Waals surface area contributed by atoms with Crippen molar-refractivity contribution in [3.8, 4) is 22.8 Å². The number of nitrogens with zero attached hydrogens (tertiary/aromatic N) is 2. The highest BCUT2D eigenvalue weighted by Gasteiger charge is 2.25. The quantitative estimate of drug-likeness (QED) is 0.432. The SMILES string of the molecule is COc1ccccc1-c1nn(Cc2ccccc2)cc1C(=O)Nc1ccc2c(c1)NC(=O)[C@@H](C)O2. The molecule has 1 aliphatic rings. The second-order valence-corrected chi connectivity index (χ2v) is 8.19. The molecule has 1 aliphatic heterocycles. The number of anilines is 2. The lowest BCUT2D eigenvalue weighted by Crippen LogP contribution is -2.34. The van der Waals surface area contributed by atoms with Gasteiger partial charge in [0.15, 0.2) is 6.10 Å². The molecule has 0 radical (unpaired) electrons. The minimum Gasteiger partial charge on any atom is -0.496 e. The highest BCUT2D eigenvalue weighted by Crippen LogP contribution is 2.34. The van der Waals surface area contributed by atoms with Crippen molar-refractivity contribution in [2.24, 2.45) is 0 Å². The Hall–Kier alpha value is -4.59. The highest BCUT2D eigenvalue weighted by atomic mass is 16.5. The Morgan fingerprint density at radius 1 is 1.11 bits per heavy atom. The Labute approximate surface area is 202 Å². The number of carbonyl (C=O) groups is 2. The number of hydrogen-bond acceptors (Lipinski definition) is 5. The number of benzene rings is 3. The van der Waals surface area contributed by atoms with Crippen molar-refractivity contribution in [3.63, 3.8) is 0 Å². The van der Waals surface area contributed by atoms with Crippen LogP contribution in [0.4, 0.5) is 11.4 Å². The molecule has 35 heavy (non-hydrogen) atoms. The fourth-order valence-corrected chi connectivity index (χ4v) is 3.96. The molecule has 0 fully saturated rings. The monoisotopic (exact) mass is 468 g/mol. The number of ether oxygens (including phenoxy) is 2. The number of amides is 2. The van der Waals surface area contributed by atoms with E-state index in [2.05, 4.69) is 10.6 Å². The van der Waals surface area contributed by atoms with E-state index in [1.165, 1.54) is 0 Å². The zero-order valence-corrected chi connectivity index (χ0v) is 19.3. The first kappa shape index (κ1) is 22.2. The molecule has 4 aromatic rings. The lowest BCUT2D eigenvalue weighted by Gasteiger charge is -2.23. The summed E-state index contributed by atoms with van der Waals surface area (Å²) in [5.74, 6) is 0.609. The van der Waals surface area contributed by atoms with Crippen LogP contribution in [0.3, 0.4) is 0 Å². The van der Waals surface area contributed by atoms with Gasteiger partial charge in [-0.15, -0.1) is 0 Å². The maximum absolute atomic E-state index is 13.4. The maximum atomic E-state index is 13.4. The lowest BCUT2D eigenvalue weighted by atomic mass is 10.1. The molecule has 1 atom stereocenters. The van der Waals surface area contributed by atoms with E-state index in [1.54, 1.807) is 43.1 Å². The number of para-hydroxylation sites is 1. The van der Waals surface area contributed by atoms with Gasteiger partial charge in [0.05, 0.1) is 24.9 Å². The van der Waals surface area contributed by atoms with Crippen LogP contribution in [0.2, 0.25) is 0 Å². The van der Waals surface area contributed by atoms with Gasteiger partial charge in [-0.3, -0.25) is 14.3 Å². The molecule has 0 spiro atoms. The molecule has 1 aromatic heterocycles. The molecule has 5 rings (SSSR count). The van der Waals surface area contributed by atoms with E-state index in [0.717, 1.165) is 5.56 Å². The van der Waals surface area contributed by atoms with Gasteiger partial charge in [-0.25, -0.2) is 0 Å². The number of methoxy groups -OCH3 is 1. The number of rotatable bonds is 6. The average Bonchev–Trinajstić information content (AvgIpc) is 3.29. The van der Waals surface area contributed by atoms with Gasteiger partial charge in [-0.1, -0.05) is 42.5 Å². The van der Waals surface area contributed by atoms with Crippen LogP contribution in [0.15, 0.2) is 79.0 Å². The summed E-state index contributed by atoms with van der Waals surface area (Å²) < 4.78 is 12.9. The third kappa shape index (κ3) is 4.59. The van der Waals surface area contributed by atoms with Crippen molar-refractivity contribution < 1.29 is 19.1 Å². The van der Waals surface area contributed by atoms with Gasteiger partial charge in [0.2, 0.25) is 0 Å². The highest BCUT2D eigenvalue weighted by molar-refractivity contribution is 6.09. The van der Waals surface area contributed by atoms with Gasteiger partial charge in [-0.2, -0.15) is 5.10 Å². The standard InChI is InChI=1S/C27H24N4O4/c1-17-26(32)29-22-14-19(12-13-24(22)35-17)28-27(33)21-16-31(15-18-8-4-3-5-9-18)30-25(21)20-10-6-7-11-23(20)34-2/h3-14,16-17H,15H2,1-2H3,(H,28,33)(H,29,32)/t17-/m1/s1. The van der Waals surface area contributed by atoms with Crippen LogP contribution in [-0.4, -0.2) is 34.8 Å². The zero-order valence-electron chi connectivity index (χ0n) is 19.3.